The lowest BCUT2D eigenvalue weighted by Gasteiger charge is -2.06. The van der Waals surface area contributed by atoms with E-state index in [0.29, 0.717) is 15.9 Å². The number of nitrogens with zero attached hydrogens (tertiary/aromatic N) is 2. The molecule has 0 saturated heterocycles. The fourth-order valence-corrected chi connectivity index (χ4v) is 2.04. The van der Waals surface area contributed by atoms with Crippen LogP contribution in [0.3, 0.4) is 0 Å². The van der Waals surface area contributed by atoms with Crippen LogP contribution in [0.5, 0.6) is 0 Å². The van der Waals surface area contributed by atoms with Gasteiger partial charge in [0.2, 0.25) is 0 Å². The smallest absolute Gasteiger partial charge is 0.360 e. The number of carbonyl (C=O) groups is 1. The first-order valence-electron chi connectivity index (χ1n) is 4.92. The van der Waals surface area contributed by atoms with Crippen molar-refractivity contribution in [1.29, 1.82) is 0 Å². The Hall–Kier alpha value is -1.39. The summed E-state index contributed by atoms with van der Waals surface area (Å²) in [4.78, 5) is 11.6. The number of benzene rings is 1. The predicted molar refractivity (Wildman–Crippen MR) is 65.5 cm³/mol. The second-order valence-corrected chi connectivity index (χ2v) is 4.00. The average molecular weight is 271 g/mol. The summed E-state index contributed by atoms with van der Waals surface area (Å²) in [6, 6.07) is 5.13. The van der Waals surface area contributed by atoms with Crippen molar-refractivity contribution in [2.45, 2.75) is 6.92 Å². The van der Waals surface area contributed by atoms with Gasteiger partial charge in [0.1, 0.15) is 0 Å². The standard InChI is InChI=1S/C11H8Cl2N2O2/c1-2-17-11(16)10-9(13)8-6(12)4-3-5-7(8)14-15-10/h3-5H,2H2,1H3. The molecule has 0 unspecified atom stereocenters. The number of rotatable bonds is 2. The van der Waals surface area contributed by atoms with Crippen molar-refractivity contribution >= 4 is 40.1 Å². The van der Waals surface area contributed by atoms with E-state index in [0.717, 1.165) is 0 Å². The summed E-state index contributed by atoms with van der Waals surface area (Å²) in [5.41, 5.74) is 0.518. The number of hydrogen-bond donors (Lipinski definition) is 0. The minimum Gasteiger partial charge on any atom is -0.461 e. The molecule has 4 nitrogen and oxygen atoms in total. The molecular formula is C11H8Cl2N2O2. The fourth-order valence-electron chi connectivity index (χ4n) is 1.41. The molecule has 17 heavy (non-hydrogen) atoms. The molecule has 0 aliphatic rings. The molecule has 0 amide bonds. The zero-order valence-electron chi connectivity index (χ0n) is 8.91. The van der Waals surface area contributed by atoms with Crippen molar-refractivity contribution in [3.05, 3.63) is 33.9 Å². The summed E-state index contributed by atoms with van der Waals surface area (Å²) in [5, 5.41) is 8.74. The van der Waals surface area contributed by atoms with Crippen LogP contribution in [0, 0.1) is 0 Å². The highest BCUT2D eigenvalue weighted by Crippen LogP contribution is 2.30. The van der Waals surface area contributed by atoms with Gasteiger partial charge in [0, 0.05) is 5.39 Å². The Morgan fingerprint density at radius 1 is 1.35 bits per heavy atom. The highest BCUT2D eigenvalue weighted by Gasteiger charge is 2.18. The lowest BCUT2D eigenvalue weighted by molar-refractivity contribution is 0.0518. The largest absolute Gasteiger partial charge is 0.461 e. The molecule has 1 heterocycles. The van der Waals surface area contributed by atoms with E-state index in [1.54, 1.807) is 25.1 Å². The molecule has 0 spiro atoms. The van der Waals surface area contributed by atoms with E-state index in [4.69, 9.17) is 27.9 Å². The summed E-state index contributed by atoms with van der Waals surface area (Å²) < 4.78 is 4.83. The Morgan fingerprint density at radius 3 is 2.82 bits per heavy atom. The van der Waals surface area contributed by atoms with Crippen molar-refractivity contribution in [1.82, 2.24) is 10.2 Å². The van der Waals surface area contributed by atoms with E-state index < -0.39 is 5.97 Å². The molecule has 1 aromatic heterocycles. The normalized spacial score (nSPS) is 10.5. The first-order chi connectivity index (χ1) is 8.15. The molecule has 6 heteroatoms. The lowest BCUT2D eigenvalue weighted by atomic mass is 10.2. The van der Waals surface area contributed by atoms with Gasteiger partial charge in [-0.15, -0.1) is 10.2 Å². The number of aromatic nitrogens is 2. The van der Waals surface area contributed by atoms with E-state index in [2.05, 4.69) is 10.2 Å². The third-order valence-electron chi connectivity index (χ3n) is 2.15. The molecule has 0 aliphatic heterocycles. The van der Waals surface area contributed by atoms with Crippen molar-refractivity contribution in [3.63, 3.8) is 0 Å². The molecule has 0 aliphatic carbocycles. The lowest BCUT2D eigenvalue weighted by Crippen LogP contribution is -2.09. The zero-order chi connectivity index (χ0) is 12.4. The quantitative estimate of drug-likeness (QED) is 0.787. The number of ether oxygens (including phenoxy) is 1. The maximum absolute atomic E-state index is 11.6. The van der Waals surface area contributed by atoms with Crippen LogP contribution in [0.2, 0.25) is 10.0 Å². The summed E-state index contributed by atoms with van der Waals surface area (Å²) >= 11 is 12.1. The van der Waals surface area contributed by atoms with Crippen LogP contribution >= 0.6 is 23.2 Å². The van der Waals surface area contributed by atoms with E-state index >= 15 is 0 Å². The van der Waals surface area contributed by atoms with E-state index in [-0.39, 0.29) is 17.3 Å². The van der Waals surface area contributed by atoms with Gasteiger partial charge in [0.15, 0.2) is 5.69 Å². The van der Waals surface area contributed by atoms with Gasteiger partial charge < -0.3 is 4.74 Å². The van der Waals surface area contributed by atoms with Crippen LogP contribution in [-0.4, -0.2) is 22.8 Å². The first-order valence-corrected chi connectivity index (χ1v) is 5.68. The van der Waals surface area contributed by atoms with Gasteiger partial charge in [-0.1, -0.05) is 29.3 Å². The third kappa shape index (κ3) is 2.18. The van der Waals surface area contributed by atoms with Crippen molar-refractivity contribution in [3.8, 4) is 0 Å². The maximum Gasteiger partial charge on any atom is 0.360 e. The molecule has 2 rings (SSSR count). The second kappa shape index (κ2) is 4.85. The summed E-state index contributed by atoms with van der Waals surface area (Å²) in [6.07, 6.45) is 0. The molecule has 0 atom stereocenters. The van der Waals surface area contributed by atoms with Crippen LogP contribution in [0.25, 0.3) is 10.9 Å². The fraction of sp³-hybridized carbons (Fsp3) is 0.182. The summed E-state index contributed by atoms with van der Waals surface area (Å²) in [7, 11) is 0. The molecule has 0 N–H and O–H groups in total. The van der Waals surface area contributed by atoms with E-state index in [1.165, 1.54) is 0 Å². The Balaban J connectivity index is 2.65. The van der Waals surface area contributed by atoms with Crippen molar-refractivity contribution in [2.75, 3.05) is 6.61 Å². The van der Waals surface area contributed by atoms with Crippen LogP contribution in [0.15, 0.2) is 18.2 Å². The zero-order valence-corrected chi connectivity index (χ0v) is 10.4. The van der Waals surface area contributed by atoms with Crippen molar-refractivity contribution < 1.29 is 9.53 Å². The highest BCUT2D eigenvalue weighted by molar-refractivity contribution is 6.43. The number of halogens is 2. The number of esters is 1. The number of carbonyl (C=O) groups excluding carboxylic acids is 1. The molecule has 0 saturated carbocycles. The minimum atomic E-state index is -0.605. The molecule has 0 bridgehead atoms. The van der Waals surface area contributed by atoms with E-state index in [1.807, 2.05) is 0 Å². The Morgan fingerprint density at radius 2 is 2.12 bits per heavy atom. The van der Waals surface area contributed by atoms with Gasteiger partial charge in [-0.3, -0.25) is 0 Å². The molecule has 1 aromatic carbocycles. The molecule has 88 valence electrons. The monoisotopic (exact) mass is 270 g/mol. The van der Waals surface area contributed by atoms with Gasteiger partial charge in [0.25, 0.3) is 0 Å². The van der Waals surface area contributed by atoms with Gasteiger partial charge in [-0.2, -0.15) is 0 Å². The minimum absolute atomic E-state index is 0.0193. The Labute approximate surface area is 107 Å². The molecule has 0 fully saturated rings. The van der Waals surface area contributed by atoms with Gasteiger partial charge in [0.05, 0.1) is 22.2 Å². The van der Waals surface area contributed by atoms with E-state index in [9.17, 15) is 4.79 Å². The Kier molecular flexibility index (Phi) is 3.45. The molecule has 0 radical (unpaired) electrons. The highest BCUT2D eigenvalue weighted by atomic mass is 35.5. The summed E-state index contributed by atoms with van der Waals surface area (Å²) in [6.45, 7) is 1.95. The summed E-state index contributed by atoms with van der Waals surface area (Å²) in [5.74, 6) is -0.605. The van der Waals surface area contributed by atoms with Gasteiger partial charge in [-0.25, -0.2) is 4.79 Å². The number of hydrogen-bond acceptors (Lipinski definition) is 4. The van der Waals surface area contributed by atoms with Crippen LogP contribution < -0.4 is 0 Å². The van der Waals surface area contributed by atoms with Crippen molar-refractivity contribution in [2.24, 2.45) is 0 Å². The molecular weight excluding hydrogens is 263 g/mol. The van der Waals surface area contributed by atoms with Crippen LogP contribution in [0.4, 0.5) is 0 Å². The second-order valence-electron chi connectivity index (χ2n) is 3.22. The SMILES string of the molecule is CCOC(=O)c1nnc2cccc(Cl)c2c1Cl. The van der Waals surface area contributed by atoms with Gasteiger partial charge >= 0.3 is 5.97 Å². The topological polar surface area (TPSA) is 52.1 Å². The predicted octanol–water partition coefficient (Wildman–Crippen LogP) is 3.11. The Bertz CT molecular complexity index is 587. The van der Waals surface area contributed by atoms with Crippen LogP contribution in [0.1, 0.15) is 17.4 Å². The first kappa shape index (κ1) is 12.1. The third-order valence-corrected chi connectivity index (χ3v) is 2.83. The maximum atomic E-state index is 11.6. The molecule has 2 aromatic rings. The van der Waals surface area contributed by atoms with Gasteiger partial charge in [-0.05, 0) is 19.1 Å². The van der Waals surface area contributed by atoms with Crippen LogP contribution in [-0.2, 0) is 4.74 Å². The number of fused-ring (bicyclic) bond motifs is 1. The average Bonchev–Trinajstić information content (AvgIpc) is 2.29.